The van der Waals surface area contributed by atoms with Crippen LogP contribution in [0.5, 0.6) is 17.2 Å². The van der Waals surface area contributed by atoms with E-state index in [2.05, 4.69) is 88.4 Å². The molecule has 0 aliphatic rings. The van der Waals surface area contributed by atoms with Crippen molar-refractivity contribution in [1.29, 1.82) is 0 Å². The van der Waals surface area contributed by atoms with Gasteiger partial charge in [0, 0.05) is 5.41 Å². The molecule has 2 unspecified atom stereocenters. The van der Waals surface area contributed by atoms with Crippen molar-refractivity contribution in [2.75, 3.05) is 6.16 Å². The van der Waals surface area contributed by atoms with Gasteiger partial charge in [-0.25, -0.2) is 4.74 Å². The second kappa shape index (κ2) is 16.5. The van der Waals surface area contributed by atoms with E-state index in [0.717, 1.165) is 11.1 Å². The van der Waals surface area contributed by atoms with Gasteiger partial charge in [0.1, 0.15) is 17.2 Å². The summed E-state index contributed by atoms with van der Waals surface area (Å²) in [7, 11) is -6.15. The Labute approximate surface area is 303 Å². The molecule has 0 spiro atoms. The average molecular weight is 713 g/mol. The van der Waals surface area contributed by atoms with E-state index >= 15 is 0 Å². The van der Waals surface area contributed by atoms with Gasteiger partial charge in [-0.1, -0.05) is 160 Å². The van der Waals surface area contributed by atoms with Crippen LogP contribution in [0.4, 0.5) is 0 Å². The van der Waals surface area contributed by atoms with Crippen molar-refractivity contribution in [2.24, 2.45) is 9.26 Å². The van der Waals surface area contributed by atoms with E-state index in [0.29, 0.717) is 36.1 Å². The summed E-state index contributed by atoms with van der Waals surface area (Å²) in [5, 5.41) is 0. The van der Waals surface area contributed by atoms with Crippen LogP contribution in [-0.4, -0.2) is 6.16 Å². The van der Waals surface area contributed by atoms with Crippen LogP contribution in [0.15, 0.2) is 179 Å². The molecule has 2 atom stereocenters. The van der Waals surface area contributed by atoms with E-state index in [4.69, 9.17) is 22.8 Å². The zero-order chi connectivity index (χ0) is 35.6. The molecular formula is C44H46N2O3P2. The molecule has 0 bridgehead atoms. The Kier molecular flexibility index (Phi) is 11.6. The third-order valence-electron chi connectivity index (χ3n) is 8.81. The zero-order valence-electron chi connectivity index (χ0n) is 29.8. The fourth-order valence-electron chi connectivity index (χ4n) is 5.78. The summed E-state index contributed by atoms with van der Waals surface area (Å²) >= 11 is 0. The highest BCUT2D eigenvalue weighted by Crippen LogP contribution is 2.66. The first-order valence-electron chi connectivity index (χ1n) is 17.4. The maximum atomic E-state index is 7.04. The van der Waals surface area contributed by atoms with E-state index in [1.165, 1.54) is 16.7 Å². The summed E-state index contributed by atoms with van der Waals surface area (Å²) in [5.41, 5.74) is 5.67. The lowest BCUT2D eigenvalue weighted by Crippen LogP contribution is -2.18. The van der Waals surface area contributed by atoms with Crippen LogP contribution in [0.25, 0.3) is 0 Å². The largest absolute Gasteiger partial charge is 0.441 e. The highest BCUT2D eigenvalue weighted by Gasteiger charge is 2.33. The molecule has 6 rings (SSSR count). The topological polar surface area (TPSA) is 52.4 Å². The summed E-state index contributed by atoms with van der Waals surface area (Å²) in [6, 6.07) is 57.4. The molecule has 0 aliphatic carbocycles. The Morgan fingerprint density at radius 2 is 0.941 bits per heavy atom. The SMILES string of the molecule is CCP(=NP(Cc1ccccc1)(=NCc1ccccc1)Oc1ccccc1)(Oc1ccccc1)Oc1ccc(C(C)(C)c2ccc(C)cc2)cc1. The molecule has 0 N–H and O–H groups in total. The molecular weight excluding hydrogens is 666 g/mol. The highest BCUT2D eigenvalue weighted by molar-refractivity contribution is 7.70. The second-order valence-electron chi connectivity index (χ2n) is 13.1. The summed E-state index contributed by atoms with van der Waals surface area (Å²) in [4.78, 5) is 0. The van der Waals surface area contributed by atoms with E-state index < -0.39 is 14.9 Å². The number of hydrogen-bond acceptors (Lipinski definition) is 4. The highest BCUT2D eigenvalue weighted by atomic mass is 31.2. The van der Waals surface area contributed by atoms with Crippen LogP contribution in [-0.2, 0) is 18.1 Å². The standard InChI is InChI=1S/C44H46N2O3P2/c1-5-51(48-42-24-16-9-17-25-42,49-43-32-30-40(31-33-43)44(3,4)39-28-26-36(2)27-29-39)46-50(35-38-20-12-7-13-21-38,47-41-22-14-8-15-23-41)45-34-37-18-10-6-11-19-37/h6-33H,5,34-35H2,1-4H3. The number of aryl methyl sites for hydroxylation is 1. The molecule has 5 nitrogen and oxygen atoms in total. The molecule has 7 heteroatoms. The number of nitrogens with zero attached hydrogens (tertiary/aromatic N) is 2. The summed E-state index contributed by atoms with van der Waals surface area (Å²) in [6.07, 6.45) is 0.997. The minimum atomic E-state index is -3.10. The predicted octanol–water partition coefficient (Wildman–Crippen LogP) is 13.3. The lowest BCUT2D eigenvalue weighted by molar-refractivity contribution is 0.475. The maximum Gasteiger partial charge on any atom is 0.321 e. The van der Waals surface area contributed by atoms with Gasteiger partial charge in [-0.05, 0) is 65.6 Å². The molecule has 0 aromatic heterocycles. The molecule has 0 aliphatic heterocycles. The molecule has 260 valence electrons. The van der Waals surface area contributed by atoms with Gasteiger partial charge >= 0.3 is 7.51 Å². The van der Waals surface area contributed by atoms with Crippen LogP contribution in [0.1, 0.15) is 48.6 Å². The summed E-state index contributed by atoms with van der Waals surface area (Å²) in [6.45, 7) is 9.14. The van der Waals surface area contributed by atoms with Crippen LogP contribution in [0.3, 0.4) is 0 Å². The van der Waals surface area contributed by atoms with Gasteiger partial charge in [-0.15, -0.1) is 0 Å². The molecule has 51 heavy (non-hydrogen) atoms. The minimum Gasteiger partial charge on any atom is -0.441 e. The van der Waals surface area contributed by atoms with Crippen LogP contribution >= 0.6 is 14.9 Å². The number of para-hydroxylation sites is 2. The van der Waals surface area contributed by atoms with Gasteiger partial charge in [0.15, 0.2) is 0 Å². The predicted molar refractivity (Wildman–Crippen MR) is 214 cm³/mol. The van der Waals surface area contributed by atoms with Gasteiger partial charge in [-0.3, -0.25) is 0 Å². The third-order valence-corrected chi connectivity index (χ3v) is 14.7. The quantitative estimate of drug-likeness (QED) is 0.106. The van der Waals surface area contributed by atoms with E-state index in [9.17, 15) is 0 Å². The first-order valence-corrected chi connectivity index (χ1v) is 21.0. The number of rotatable bonds is 14. The van der Waals surface area contributed by atoms with E-state index in [-0.39, 0.29) is 5.41 Å². The van der Waals surface area contributed by atoms with Crippen LogP contribution < -0.4 is 13.6 Å². The van der Waals surface area contributed by atoms with Crippen molar-refractivity contribution in [3.63, 3.8) is 0 Å². The molecule has 6 aromatic rings. The van der Waals surface area contributed by atoms with Gasteiger partial charge in [0.25, 0.3) is 7.43 Å². The Hall–Kier alpha value is -4.82. The third kappa shape index (κ3) is 9.50. The van der Waals surface area contributed by atoms with Crippen LogP contribution in [0.2, 0.25) is 0 Å². The number of benzene rings is 6. The smallest absolute Gasteiger partial charge is 0.321 e. The van der Waals surface area contributed by atoms with Crippen molar-refractivity contribution in [3.8, 4) is 17.2 Å². The fourth-order valence-corrected chi connectivity index (χ4v) is 11.9. The fraction of sp³-hybridized carbons (Fsp3) is 0.182. The normalized spacial score (nSPS) is 13.6. The summed E-state index contributed by atoms with van der Waals surface area (Å²) < 4.78 is 32.1. The van der Waals surface area contributed by atoms with Crippen molar-refractivity contribution in [1.82, 2.24) is 0 Å². The van der Waals surface area contributed by atoms with Gasteiger partial charge in [0.05, 0.1) is 18.9 Å². The molecule has 0 amide bonds. The van der Waals surface area contributed by atoms with Crippen molar-refractivity contribution >= 4 is 14.9 Å². The molecule has 0 heterocycles. The molecule has 6 aromatic carbocycles. The first-order chi connectivity index (χ1) is 24.8. The molecule has 0 saturated carbocycles. The molecule has 0 saturated heterocycles. The first kappa shape index (κ1) is 36.0. The lowest BCUT2D eigenvalue weighted by Gasteiger charge is -2.30. The Balaban J connectivity index is 1.50. The Bertz CT molecular complexity index is 2040. The van der Waals surface area contributed by atoms with E-state index in [1.54, 1.807) is 0 Å². The van der Waals surface area contributed by atoms with Gasteiger partial charge in [-0.2, -0.15) is 4.52 Å². The van der Waals surface area contributed by atoms with Gasteiger partial charge < -0.3 is 13.6 Å². The van der Waals surface area contributed by atoms with Crippen LogP contribution in [0, 0.1) is 6.92 Å². The second-order valence-corrected chi connectivity index (χ2v) is 18.2. The zero-order valence-corrected chi connectivity index (χ0v) is 31.6. The average Bonchev–Trinajstić information content (AvgIpc) is 3.16. The van der Waals surface area contributed by atoms with Crippen molar-refractivity contribution in [3.05, 3.63) is 198 Å². The minimum absolute atomic E-state index is 0.190. The monoisotopic (exact) mass is 712 g/mol. The number of hydrogen-bond donors (Lipinski definition) is 0. The molecule has 0 radical (unpaired) electrons. The Morgan fingerprint density at radius 1 is 0.510 bits per heavy atom. The van der Waals surface area contributed by atoms with Gasteiger partial charge in [0.2, 0.25) is 0 Å². The van der Waals surface area contributed by atoms with E-state index in [1.807, 2.05) is 109 Å². The lowest BCUT2D eigenvalue weighted by atomic mass is 9.78. The molecule has 0 fully saturated rings. The summed E-state index contributed by atoms with van der Waals surface area (Å²) in [5.74, 6) is 2.09. The van der Waals surface area contributed by atoms with Crippen molar-refractivity contribution in [2.45, 2.75) is 45.8 Å². The maximum absolute atomic E-state index is 7.04. The Morgan fingerprint density at radius 3 is 1.45 bits per heavy atom. The van der Waals surface area contributed by atoms with Crippen molar-refractivity contribution < 1.29 is 13.6 Å².